The number of rotatable bonds is 0. The smallest absolute Gasteiger partial charge is 0.127 e. The van der Waals surface area contributed by atoms with Crippen LogP contribution >= 0.6 is 0 Å². The highest BCUT2D eigenvalue weighted by molar-refractivity contribution is 4.52. The molecule has 1 aliphatic heterocycles. The SMILES string of the molecule is NC1CCCCNO1. The predicted octanol–water partition coefficient (Wildman–Crippen LogP) is -0.0237. The lowest BCUT2D eigenvalue weighted by Crippen LogP contribution is -2.28. The molecule has 0 bridgehead atoms. The third-order valence-corrected chi connectivity index (χ3v) is 1.25. The minimum atomic E-state index is -0.0856. The van der Waals surface area contributed by atoms with E-state index in [9.17, 15) is 0 Å². The summed E-state index contributed by atoms with van der Waals surface area (Å²) in [4.78, 5) is 4.93. The van der Waals surface area contributed by atoms with Crippen molar-refractivity contribution in [1.29, 1.82) is 0 Å². The Labute approximate surface area is 49.2 Å². The number of hydrogen-bond acceptors (Lipinski definition) is 3. The van der Waals surface area contributed by atoms with Crippen molar-refractivity contribution in [2.45, 2.75) is 25.5 Å². The lowest BCUT2D eigenvalue weighted by Gasteiger charge is -2.05. The number of hydroxylamine groups is 1. The van der Waals surface area contributed by atoms with Crippen molar-refractivity contribution in [3.8, 4) is 0 Å². The molecule has 0 aliphatic carbocycles. The van der Waals surface area contributed by atoms with Gasteiger partial charge in [0.15, 0.2) is 0 Å². The molecule has 1 atom stereocenters. The Balaban J connectivity index is 2.17. The molecule has 0 saturated carbocycles. The van der Waals surface area contributed by atoms with Crippen molar-refractivity contribution in [1.82, 2.24) is 5.48 Å². The van der Waals surface area contributed by atoms with Crippen LogP contribution < -0.4 is 11.2 Å². The second-order valence-corrected chi connectivity index (χ2v) is 2.05. The molecule has 1 fully saturated rings. The van der Waals surface area contributed by atoms with E-state index < -0.39 is 0 Å². The van der Waals surface area contributed by atoms with Crippen LogP contribution in [0.3, 0.4) is 0 Å². The Morgan fingerprint density at radius 3 is 3.25 bits per heavy atom. The fraction of sp³-hybridized carbons (Fsp3) is 1.00. The maximum atomic E-state index is 5.45. The zero-order valence-corrected chi connectivity index (χ0v) is 4.89. The largest absolute Gasteiger partial charge is 0.304 e. The van der Waals surface area contributed by atoms with Gasteiger partial charge in [-0.05, 0) is 19.3 Å². The van der Waals surface area contributed by atoms with Crippen molar-refractivity contribution >= 4 is 0 Å². The predicted molar refractivity (Wildman–Crippen MR) is 30.9 cm³/mol. The molecule has 1 unspecified atom stereocenters. The Bertz CT molecular complexity index is 59.4. The number of nitrogens with two attached hydrogens (primary N) is 1. The van der Waals surface area contributed by atoms with Gasteiger partial charge in [0, 0.05) is 6.54 Å². The van der Waals surface area contributed by atoms with Gasteiger partial charge in [0.2, 0.25) is 0 Å². The molecule has 3 nitrogen and oxygen atoms in total. The molecule has 1 heterocycles. The van der Waals surface area contributed by atoms with Crippen LogP contribution in [0.5, 0.6) is 0 Å². The average Bonchev–Trinajstić information content (AvgIpc) is 1.94. The Morgan fingerprint density at radius 1 is 1.50 bits per heavy atom. The highest BCUT2D eigenvalue weighted by Gasteiger charge is 2.05. The topological polar surface area (TPSA) is 47.3 Å². The first-order valence-electron chi connectivity index (χ1n) is 3.03. The maximum absolute atomic E-state index is 5.45. The Hall–Kier alpha value is -0.120. The fourth-order valence-electron chi connectivity index (χ4n) is 0.768. The molecule has 1 aliphatic rings. The van der Waals surface area contributed by atoms with E-state index in [-0.39, 0.29) is 6.23 Å². The van der Waals surface area contributed by atoms with E-state index >= 15 is 0 Å². The molecule has 0 amide bonds. The van der Waals surface area contributed by atoms with Crippen LogP contribution in [-0.4, -0.2) is 12.8 Å². The minimum Gasteiger partial charge on any atom is -0.304 e. The molecule has 0 radical (unpaired) electrons. The van der Waals surface area contributed by atoms with Gasteiger partial charge in [-0.15, -0.1) is 0 Å². The summed E-state index contributed by atoms with van der Waals surface area (Å²) in [7, 11) is 0. The normalized spacial score (nSPS) is 31.9. The van der Waals surface area contributed by atoms with Crippen LogP contribution in [0.1, 0.15) is 19.3 Å². The van der Waals surface area contributed by atoms with Gasteiger partial charge in [0.05, 0.1) is 0 Å². The minimum absolute atomic E-state index is 0.0856. The van der Waals surface area contributed by atoms with Crippen LogP contribution in [-0.2, 0) is 4.84 Å². The van der Waals surface area contributed by atoms with Crippen LogP contribution in [0, 0.1) is 0 Å². The summed E-state index contributed by atoms with van der Waals surface area (Å²) < 4.78 is 0. The summed E-state index contributed by atoms with van der Waals surface area (Å²) in [5, 5.41) is 0. The lowest BCUT2D eigenvalue weighted by molar-refractivity contribution is -0.0131. The van der Waals surface area contributed by atoms with Gasteiger partial charge in [-0.2, -0.15) is 0 Å². The quantitative estimate of drug-likeness (QED) is 0.467. The highest BCUT2D eigenvalue weighted by Crippen LogP contribution is 2.01. The van der Waals surface area contributed by atoms with Crippen LogP contribution in [0.25, 0.3) is 0 Å². The maximum Gasteiger partial charge on any atom is 0.127 e. The van der Waals surface area contributed by atoms with E-state index in [1.54, 1.807) is 0 Å². The van der Waals surface area contributed by atoms with Gasteiger partial charge in [0.25, 0.3) is 0 Å². The first-order chi connectivity index (χ1) is 3.89. The van der Waals surface area contributed by atoms with E-state index in [0.29, 0.717) is 0 Å². The van der Waals surface area contributed by atoms with Crippen LogP contribution in [0.15, 0.2) is 0 Å². The molecule has 3 heteroatoms. The summed E-state index contributed by atoms with van der Waals surface area (Å²) in [5.74, 6) is 0. The standard InChI is InChI=1S/C5H12N2O/c6-5-3-1-2-4-7-8-5/h5,7H,1-4,6H2. The van der Waals surface area contributed by atoms with Gasteiger partial charge in [0.1, 0.15) is 6.23 Å². The van der Waals surface area contributed by atoms with Gasteiger partial charge < -0.3 is 5.73 Å². The van der Waals surface area contributed by atoms with E-state index in [1.807, 2.05) is 0 Å². The second-order valence-electron chi connectivity index (χ2n) is 2.05. The molecular formula is C5H12N2O. The second kappa shape index (κ2) is 3.02. The van der Waals surface area contributed by atoms with Crippen molar-refractivity contribution in [2.24, 2.45) is 5.73 Å². The monoisotopic (exact) mass is 116 g/mol. The van der Waals surface area contributed by atoms with Gasteiger partial charge >= 0.3 is 0 Å². The van der Waals surface area contributed by atoms with Gasteiger partial charge in [-0.3, -0.25) is 4.84 Å². The lowest BCUT2D eigenvalue weighted by atomic mass is 10.2. The highest BCUT2D eigenvalue weighted by atomic mass is 16.7. The molecule has 1 saturated heterocycles. The zero-order chi connectivity index (χ0) is 5.82. The summed E-state index contributed by atoms with van der Waals surface area (Å²) in [6.07, 6.45) is 3.24. The van der Waals surface area contributed by atoms with Crippen LogP contribution in [0.4, 0.5) is 0 Å². The first-order valence-corrected chi connectivity index (χ1v) is 3.03. The van der Waals surface area contributed by atoms with Crippen LogP contribution in [0.2, 0.25) is 0 Å². The fourth-order valence-corrected chi connectivity index (χ4v) is 0.768. The van der Waals surface area contributed by atoms with Crippen molar-refractivity contribution in [3.05, 3.63) is 0 Å². The van der Waals surface area contributed by atoms with E-state index in [2.05, 4.69) is 5.48 Å². The van der Waals surface area contributed by atoms with Gasteiger partial charge in [-0.25, -0.2) is 5.48 Å². The molecule has 3 N–H and O–H groups in total. The molecule has 48 valence electrons. The summed E-state index contributed by atoms with van der Waals surface area (Å²) in [5.41, 5.74) is 8.22. The molecule has 0 aromatic heterocycles. The molecule has 8 heavy (non-hydrogen) atoms. The zero-order valence-electron chi connectivity index (χ0n) is 4.89. The molecule has 0 aromatic rings. The first kappa shape index (κ1) is 6.01. The molecule has 0 spiro atoms. The summed E-state index contributed by atoms with van der Waals surface area (Å²) in [6.45, 7) is 0.938. The molecule has 1 rings (SSSR count). The Morgan fingerprint density at radius 2 is 2.38 bits per heavy atom. The summed E-state index contributed by atoms with van der Waals surface area (Å²) in [6, 6.07) is 0. The van der Waals surface area contributed by atoms with Crippen molar-refractivity contribution in [3.63, 3.8) is 0 Å². The third-order valence-electron chi connectivity index (χ3n) is 1.25. The average molecular weight is 116 g/mol. The van der Waals surface area contributed by atoms with E-state index in [1.165, 1.54) is 12.8 Å². The molecule has 0 aromatic carbocycles. The van der Waals surface area contributed by atoms with Gasteiger partial charge in [-0.1, -0.05) is 0 Å². The third kappa shape index (κ3) is 1.78. The Kier molecular flexibility index (Phi) is 2.27. The molecular weight excluding hydrogens is 104 g/mol. The number of nitrogens with one attached hydrogen (secondary N) is 1. The van der Waals surface area contributed by atoms with Crippen molar-refractivity contribution in [2.75, 3.05) is 6.54 Å². The van der Waals surface area contributed by atoms with E-state index in [4.69, 9.17) is 10.6 Å². The van der Waals surface area contributed by atoms with Crippen molar-refractivity contribution < 1.29 is 4.84 Å². The summed E-state index contributed by atoms with van der Waals surface area (Å²) >= 11 is 0. The van der Waals surface area contributed by atoms with E-state index in [0.717, 1.165) is 13.0 Å². The number of hydrogen-bond donors (Lipinski definition) is 2.